The number of hydrogen-bond acceptors (Lipinski definition) is 13. The second kappa shape index (κ2) is 38.4. The summed E-state index contributed by atoms with van der Waals surface area (Å²) in [7, 11) is -5.14. The smallest absolute Gasteiger partial charge is 0.462 e. The van der Waals surface area contributed by atoms with Gasteiger partial charge in [-0.3, -0.25) is 18.6 Å². The third-order valence-corrected chi connectivity index (χ3v) is 11.5. The first-order chi connectivity index (χ1) is 30.8. The van der Waals surface area contributed by atoms with Crippen molar-refractivity contribution in [2.24, 2.45) is 0 Å². The molecule has 1 rings (SSSR count). The molecular weight excluding hydrogens is 843 g/mol. The Morgan fingerprint density at radius 2 is 0.969 bits per heavy atom. The van der Waals surface area contributed by atoms with E-state index in [9.17, 15) is 49.7 Å². The number of ether oxygens (including phenoxy) is 2. The number of esters is 2. The van der Waals surface area contributed by atoms with Gasteiger partial charge in [0.05, 0.1) is 12.7 Å². The summed E-state index contributed by atoms with van der Waals surface area (Å²) in [5.74, 6) is -1.20. The van der Waals surface area contributed by atoms with Crippen LogP contribution in [0.4, 0.5) is 0 Å². The van der Waals surface area contributed by atoms with Gasteiger partial charge in [0.1, 0.15) is 43.2 Å². The molecule has 0 radical (unpaired) electrons. The van der Waals surface area contributed by atoms with Gasteiger partial charge in [0.15, 0.2) is 6.10 Å². The molecule has 7 N–H and O–H groups in total. The van der Waals surface area contributed by atoms with Crippen molar-refractivity contribution >= 4 is 19.8 Å². The van der Waals surface area contributed by atoms with E-state index in [0.29, 0.717) is 19.3 Å². The number of rotatable bonds is 38. The average Bonchev–Trinajstić information content (AvgIpc) is 3.26. The SMILES string of the molecule is CCCCC/C=C\C/C=C\CCCCCCCCCC(=O)O[C@H](COC(=O)CCC/C=C\C/C=C\C/C=C\C/C=C\CCC[C@@H](C)O)COP(=O)(O)OC1[C@H](O)[C@H](O)C(O)[C@H](O)[C@H]1O. The number of carbonyl (C=O) groups excluding carboxylic acids is 2. The minimum Gasteiger partial charge on any atom is -0.462 e. The number of phosphoric acid groups is 1. The van der Waals surface area contributed by atoms with Gasteiger partial charge >= 0.3 is 19.8 Å². The van der Waals surface area contributed by atoms with Crippen molar-refractivity contribution in [3.05, 3.63) is 72.9 Å². The van der Waals surface area contributed by atoms with Crippen LogP contribution in [0.15, 0.2) is 72.9 Å². The van der Waals surface area contributed by atoms with Gasteiger partial charge in [0, 0.05) is 12.8 Å². The molecule has 0 aromatic carbocycles. The van der Waals surface area contributed by atoms with E-state index < -0.39 is 75.7 Å². The lowest BCUT2D eigenvalue weighted by Gasteiger charge is -2.41. The molecule has 64 heavy (non-hydrogen) atoms. The first-order valence-electron chi connectivity index (χ1n) is 23.8. The Morgan fingerprint density at radius 3 is 1.48 bits per heavy atom. The predicted molar refractivity (Wildman–Crippen MR) is 250 cm³/mol. The van der Waals surface area contributed by atoms with Crippen molar-refractivity contribution < 1.29 is 68.2 Å². The molecule has 0 saturated heterocycles. The van der Waals surface area contributed by atoms with Gasteiger partial charge in [-0.2, -0.15) is 0 Å². The topological polar surface area (TPSA) is 230 Å². The fourth-order valence-electron chi connectivity index (χ4n) is 6.68. The summed E-state index contributed by atoms with van der Waals surface area (Å²) >= 11 is 0. The molecule has 0 amide bonds. The van der Waals surface area contributed by atoms with E-state index in [1.807, 2.05) is 12.2 Å². The van der Waals surface area contributed by atoms with Crippen molar-refractivity contribution in [2.75, 3.05) is 13.2 Å². The quantitative estimate of drug-likeness (QED) is 0.0133. The summed E-state index contributed by atoms with van der Waals surface area (Å²) in [6.07, 6.45) is 32.2. The summed E-state index contributed by atoms with van der Waals surface area (Å²) in [6, 6.07) is 0. The molecule has 9 atom stereocenters. The van der Waals surface area contributed by atoms with Gasteiger partial charge in [0.25, 0.3) is 0 Å². The fraction of sp³-hybridized carbons (Fsp3) is 0.714. The Bertz CT molecular complexity index is 1410. The highest BCUT2D eigenvalue weighted by atomic mass is 31.2. The molecule has 0 aromatic heterocycles. The average molecular weight is 927 g/mol. The molecule has 15 heteroatoms. The summed E-state index contributed by atoms with van der Waals surface area (Å²) in [5.41, 5.74) is 0. The van der Waals surface area contributed by atoms with Crippen LogP contribution in [-0.2, 0) is 32.7 Å². The Balaban J connectivity index is 2.50. The summed E-state index contributed by atoms with van der Waals surface area (Å²) < 4.78 is 33.5. The van der Waals surface area contributed by atoms with Gasteiger partial charge in [-0.05, 0) is 96.8 Å². The maximum atomic E-state index is 12.8. The van der Waals surface area contributed by atoms with Gasteiger partial charge in [-0.15, -0.1) is 0 Å². The molecule has 0 heterocycles. The number of aliphatic hydroxyl groups is 6. The Labute approximate surface area is 383 Å². The molecule has 368 valence electrons. The van der Waals surface area contributed by atoms with E-state index in [1.165, 1.54) is 19.3 Å². The van der Waals surface area contributed by atoms with Crippen LogP contribution in [0.5, 0.6) is 0 Å². The predicted octanol–water partition coefficient (Wildman–Crippen LogP) is 8.47. The van der Waals surface area contributed by atoms with Crippen LogP contribution in [0.3, 0.4) is 0 Å². The maximum Gasteiger partial charge on any atom is 0.472 e. The Kier molecular flexibility index (Phi) is 35.5. The molecule has 0 aromatic rings. The molecule has 1 aliphatic rings. The Hall–Kier alpha value is -2.75. The number of carbonyl (C=O) groups is 2. The molecule has 3 unspecified atom stereocenters. The zero-order valence-electron chi connectivity index (χ0n) is 38.7. The molecule has 14 nitrogen and oxygen atoms in total. The minimum absolute atomic E-state index is 0.0662. The monoisotopic (exact) mass is 927 g/mol. The third kappa shape index (κ3) is 31.2. The molecule has 1 fully saturated rings. The van der Waals surface area contributed by atoms with Crippen molar-refractivity contribution in [2.45, 2.75) is 210 Å². The zero-order valence-corrected chi connectivity index (χ0v) is 39.6. The van der Waals surface area contributed by atoms with E-state index >= 15 is 0 Å². The maximum absolute atomic E-state index is 12.8. The number of phosphoric ester groups is 1. The molecule has 0 aliphatic heterocycles. The number of unbranched alkanes of at least 4 members (excludes halogenated alkanes) is 12. The highest BCUT2D eigenvalue weighted by Gasteiger charge is 2.51. The lowest BCUT2D eigenvalue weighted by atomic mass is 9.85. The number of allylic oxidation sites excluding steroid dienone is 12. The Morgan fingerprint density at radius 1 is 0.547 bits per heavy atom. The molecule has 1 saturated carbocycles. The largest absolute Gasteiger partial charge is 0.472 e. The number of hydrogen-bond donors (Lipinski definition) is 7. The van der Waals surface area contributed by atoms with Gasteiger partial charge in [-0.1, -0.05) is 125 Å². The van der Waals surface area contributed by atoms with Gasteiger partial charge < -0.3 is 45.0 Å². The second-order valence-electron chi connectivity index (χ2n) is 16.5. The van der Waals surface area contributed by atoms with Crippen LogP contribution in [0.25, 0.3) is 0 Å². The van der Waals surface area contributed by atoms with E-state index in [-0.39, 0.29) is 18.9 Å². The lowest BCUT2D eigenvalue weighted by molar-refractivity contribution is -0.220. The van der Waals surface area contributed by atoms with Crippen molar-refractivity contribution in [1.82, 2.24) is 0 Å². The van der Waals surface area contributed by atoms with Crippen LogP contribution in [0.1, 0.15) is 162 Å². The van der Waals surface area contributed by atoms with Crippen molar-refractivity contribution in [1.29, 1.82) is 0 Å². The van der Waals surface area contributed by atoms with E-state index in [1.54, 1.807) is 6.92 Å². The first-order valence-corrected chi connectivity index (χ1v) is 25.3. The standard InChI is InChI=1S/C49H83O14P/c1-3-4-5-6-7-8-9-10-11-12-15-19-22-25-28-31-34-37-43(52)62-41(39-61-64(58,59)63-49-47(56)45(54)44(53)46(55)48(49)57)38-60-42(51)36-33-30-27-24-21-18-16-13-14-17-20-23-26-29-32-35-40(2)50/h7-8,10-11,14,16-18,23-24,26-27,40-41,44-50,53-57H,3-6,9,12-13,15,19-22,25,28-39H2,1-2H3,(H,58,59)/b8-7-,11-10-,17-14-,18-16-,26-23-,27-24-/t40-,41-,44?,45-,46+,47-,48-,49?/m1/s1. The highest BCUT2D eigenvalue weighted by Crippen LogP contribution is 2.47. The second-order valence-corrected chi connectivity index (χ2v) is 17.9. The van der Waals surface area contributed by atoms with E-state index in [4.69, 9.17) is 18.5 Å². The highest BCUT2D eigenvalue weighted by molar-refractivity contribution is 7.47. The van der Waals surface area contributed by atoms with Crippen LogP contribution >= 0.6 is 7.82 Å². The van der Waals surface area contributed by atoms with Gasteiger partial charge in [0.2, 0.25) is 0 Å². The fourth-order valence-corrected chi connectivity index (χ4v) is 7.65. The van der Waals surface area contributed by atoms with Crippen molar-refractivity contribution in [3.8, 4) is 0 Å². The van der Waals surface area contributed by atoms with E-state index in [0.717, 1.165) is 96.3 Å². The summed E-state index contributed by atoms with van der Waals surface area (Å²) in [6.45, 7) is 2.77. The molecular formula is C49H83O14P. The van der Waals surface area contributed by atoms with Gasteiger partial charge in [-0.25, -0.2) is 4.57 Å². The first kappa shape index (κ1) is 59.3. The molecule has 0 bridgehead atoms. The molecule has 0 spiro atoms. The van der Waals surface area contributed by atoms with E-state index in [2.05, 4.69) is 67.7 Å². The van der Waals surface area contributed by atoms with Crippen LogP contribution in [0, 0.1) is 0 Å². The van der Waals surface area contributed by atoms with Crippen molar-refractivity contribution in [3.63, 3.8) is 0 Å². The summed E-state index contributed by atoms with van der Waals surface area (Å²) in [4.78, 5) is 35.7. The number of aliphatic hydroxyl groups excluding tert-OH is 6. The summed E-state index contributed by atoms with van der Waals surface area (Å²) in [5, 5.41) is 59.5. The lowest BCUT2D eigenvalue weighted by Crippen LogP contribution is -2.64. The van der Waals surface area contributed by atoms with Crippen LogP contribution < -0.4 is 0 Å². The normalized spacial score (nSPS) is 22.7. The minimum atomic E-state index is -5.14. The van der Waals surface area contributed by atoms with Crippen LogP contribution in [0.2, 0.25) is 0 Å². The third-order valence-electron chi connectivity index (χ3n) is 10.5. The van der Waals surface area contributed by atoms with Crippen LogP contribution in [-0.4, -0.2) is 110 Å². The zero-order chi connectivity index (χ0) is 47.3. The molecule has 1 aliphatic carbocycles.